The second-order valence-corrected chi connectivity index (χ2v) is 10.1. The maximum Gasteiger partial charge on any atom is 0.255 e. The first-order chi connectivity index (χ1) is 20.3. The molecule has 3 amide bonds. The molecule has 218 valence electrons. The number of nitrogens with two attached hydrogens (primary N) is 2. The van der Waals surface area contributed by atoms with E-state index in [2.05, 4.69) is 10.6 Å². The zero-order valence-electron chi connectivity index (χ0n) is 23.3. The van der Waals surface area contributed by atoms with Crippen molar-refractivity contribution in [2.24, 2.45) is 11.5 Å². The number of nitrogens with one attached hydrogen (secondary N) is 2. The number of ether oxygens (including phenoxy) is 1. The van der Waals surface area contributed by atoms with Gasteiger partial charge in [-0.2, -0.15) is 0 Å². The van der Waals surface area contributed by atoms with E-state index in [1.54, 1.807) is 30.3 Å². The molecule has 0 aliphatic heterocycles. The van der Waals surface area contributed by atoms with Crippen molar-refractivity contribution in [2.75, 3.05) is 13.2 Å². The minimum Gasteiger partial charge on any atom is -0.508 e. The minimum atomic E-state index is -0.886. The van der Waals surface area contributed by atoms with Crippen LogP contribution in [-0.2, 0) is 22.4 Å². The van der Waals surface area contributed by atoms with E-state index in [-0.39, 0.29) is 18.1 Å². The summed E-state index contributed by atoms with van der Waals surface area (Å²) < 4.78 is 6.04. The summed E-state index contributed by atoms with van der Waals surface area (Å²) in [6.07, 6.45) is 1.91. The van der Waals surface area contributed by atoms with Crippen LogP contribution in [0.1, 0.15) is 34.3 Å². The Balaban J connectivity index is 1.32. The maximum atomic E-state index is 13.4. The molecule has 0 spiro atoms. The molecule has 4 aromatic rings. The van der Waals surface area contributed by atoms with Crippen molar-refractivity contribution < 1.29 is 24.2 Å². The Kier molecular flexibility index (Phi) is 10.5. The van der Waals surface area contributed by atoms with Gasteiger partial charge in [-0.1, -0.05) is 66.7 Å². The number of fused-ring (bicyclic) bond motifs is 1. The molecule has 0 saturated heterocycles. The van der Waals surface area contributed by atoms with Crippen molar-refractivity contribution >= 4 is 28.5 Å². The second-order valence-electron chi connectivity index (χ2n) is 10.1. The fourth-order valence-corrected chi connectivity index (χ4v) is 4.56. The lowest BCUT2D eigenvalue weighted by Crippen LogP contribution is -2.45. The van der Waals surface area contributed by atoms with E-state index in [4.69, 9.17) is 16.2 Å². The van der Waals surface area contributed by atoms with Gasteiger partial charge in [-0.3, -0.25) is 14.4 Å². The van der Waals surface area contributed by atoms with Crippen molar-refractivity contribution in [3.8, 4) is 11.5 Å². The van der Waals surface area contributed by atoms with Gasteiger partial charge in [-0.05, 0) is 65.4 Å². The average Bonchev–Trinajstić information content (AvgIpc) is 2.99. The molecule has 0 aromatic heterocycles. The van der Waals surface area contributed by atoms with Gasteiger partial charge in [0, 0.05) is 13.0 Å². The van der Waals surface area contributed by atoms with Crippen LogP contribution in [0.2, 0.25) is 0 Å². The van der Waals surface area contributed by atoms with Crippen LogP contribution in [0.4, 0.5) is 0 Å². The van der Waals surface area contributed by atoms with Gasteiger partial charge in [0.25, 0.3) is 5.91 Å². The molecule has 42 heavy (non-hydrogen) atoms. The van der Waals surface area contributed by atoms with Crippen LogP contribution in [0.15, 0.2) is 91.0 Å². The number of unbranched alkanes of at least 4 members (excludes halogenated alkanes) is 1. The van der Waals surface area contributed by atoms with Crippen LogP contribution in [0, 0.1) is 0 Å². The molecule has 9 nitrogen and oxygen atoms in total. The number of hydrogen-bond acceptors (Lipinski definition) is 6. The largest absolute Gasteiger partial charge is 0.508 e. The molecule has 2 unspecified atom stereocenters. The maximum absolute atomic E-state index is 13.4. The quantitative estimate of drug-likeness (QED) is 0.147. The number of amides is 3. The molecule has 9 heteroatoms. The fraction of sp³-hybridized carbons (Fsp3) is 0.242. The Morgan fingerprint density at radius 1 is 0.810 bits per heavy atom. The molecule has 7 N–H and O–H groups in total. The summed E-state index contributed by atoms with van der Waals surface area (Å²) in [4.78, 5) is 37.9. The van der Waals surface area contributed by atoms with Gasteiger partial charge in [-0.15, -0.1) is 0 Å². The molecule has 0 bridgehead atoms. The molecule has 0 aliphatic carbocycles. The second kappa shape index (κ2) is 14.7. The number of hydrogen-bond donors (Lipinski definition) is 5. The third kappa shape index (κ3) is 8.55. The van der Waals surface area contributed by atoms with Crippen molar-refractivity contribution in [2.45, 2.75) is 37.8 Å². The lowest BCUT2D eigenvalue weighted by Gasteiger charge is -2.18. The van der Waals surface area contributed by atoms with Crippen molar-refractivity contribution in [1.82, 2.24) is 10.6 Å². The van der Waals surface area contributed by atoms with Gasteiger partial charge < -0.3 is 31.9 Å². The summed E-state index contributed by atoms with van der Waals surface area (Å²) in [7, 11) is 0. The molecule has 4 aromatic carbocycles. The zero-order chi connectivity index (χ0) is 29.9. The van der Waals surface area contributed by atoms with Crippen molar-refractivity contribution in [3.63, 3.8) is 0 Å². The van der Waals surface area contributed by atoms with Crippen LogP contribution in [-0.4, -0.2) is 48.1 Å². The topological polar surface area (TPSA) is 157 Å². The van der Waals surface area contributed by atoms with Gasteiger partial charge in [0.05, 0.1) is 18.2 Å². The molecule has 0 aliphatic rings. The first-order valence-electron chi connectivity index (χ1n) is 13.9. The molecule has 2 atom stereocenters. The monoisotopic (exact) mass is 568 g/mol. The van der Waals surface area contributed by atoms with Crippen LogP contribution in [0.3, 0.4) is 0 Å². The first kappa shape index (κ1) is 30.1. The number of benzene rings is 4. The lowest BCUT2D eigenvalue weighted by molar-refractivity contribution is -0.122. The highest BCUT2D eigenvalue weighted by atomic mass is 16.5. The molecular formula is C33H36N4O5. The Labute approximate surface area is 244 Å². The lowest BCUT2D eigenvalue weighted by atomic mass is 10.0. The molecule has 0 radical (unpaired) electrons. The van der Waals surface area contributed by atoms with Crippen LogP contribution >= 0.6 is 0 Å². The number of primary amides is 1. The van der Waals surface area contributed by atoms with Crippen LogP contribution < -0.4 is 26.8 Å². The summed E-state index contributed by atoms with van der Waals surface area (Å²) in [5.74, 6) is -0.773. The summed E-state index contributed by atoms with van der Waals surface area (Å²) in [6.45, 7) is 0.744. The highest BCUT2D eigenvalue weighted by Gasteiger charge is 2.22. The normalized spacial score (nSPS) is 12.3. The molecule has 0 saturated carbocycles. The van der Waals surface area contributed by atoms with E-state index >= 15 is 0 Å². The van der Waals surface area contributed by atoms with E-state index in [0.717, 1.165) is 21.9 Å². The zero-order valence-corrected chi connectivity index (χ0v) is 23.3. The van der Waals surface area contributed by atoms with Crippen molar-refractivity contribution in [3.05, 3.63) is 108 Å². The summed E-state index contributed by atoms with van der Waals surface area (Å²) >= 11 is 0. The molecular weight excluding hydrogens is 532 g/mol. The SMILES string of the molecule is NC(=O)C(Cc1ccccc1)NC(=O)c1cc2ccccc2cc1OCCCCNC(=O)C(N)Cc1ccc(O)cc1. The predicted molar refractivity (Wildman–Crippen MR) is 162 cm³/mol. The van der Waals surface area contributed by atoms with Crippen LogP contribution in [0.25, 0.3) is 10.8 Å². The average molecular weight is 569 g/mol. The third-order valence-corrected chi connectivity index (χ3v) is 6.88. The Bertz CT molecular complexity index is 1510. The minimum absolute atomic E-state index is 0.161. The highest BCUT2D eigenvalue weighted by Crippen LogP contribution is 2.27. The number of carbonyl (C=O) groups excluding carboxylic acids is 3. The van der Waals surface area contributed by atoms with E-state index in [1.165, 1.54) is 0 Å². The van der Waals surface area contributed by atoms with Gasteiger partial charge in [0.2, 0.25) is 11.8 Å². The van der Waals surface area contributed by atoms with Gasteiger partial charge in [0.1, 0.15) is 17.5 Å². The van der Waals surface area contributed by atoms with E-state index in [1.807, 2.05) is 60.7 Å². The molecule has 0 fully saturated rings. The smallest absolute Gasteiger partial charge is 0.255 e. The highest BCUT2D eigenvalue weighted by molar-refractivity contribution is 6.03. The third-order valence-electron chi connectivity index (χ3n) is 6.88. The number of phenolic OH excluding ortho intramolecular Hbond substituents is 1. The van der Waals surface area contributed by atoms with Crippen molar-refractivity contribution in [1.29, 1.82) is 0 Å². The Morgan fingerprint density at radius 3 is 2.14 bits per heavy atom. The number of rotatable bonds is 14. The summed E-state index contributed by atoms with van der Waals surface area (Å²) in [5, 5.41) is 16.8. The standard InChI is InChI=1S/C33H36N4O5/c34-28(18-23-12-14-26(38)15-13-23)33(41)36-16-6-7-17-42-30-21-25-11-5-4-10-24(25)20-27(30)32(40)37-29(31(35)39)19-22-8-2-1-3-9-22/h1-5,8-15,20-21,28-29,38H,6-7,16-19,34H2,(H2,35,39)(H,36,41)(H,37,40). The molecule has 4 rings (SSSR count). The van der Waals surface area contributed by atoms with Gasteiger partial charge in [-0.25, -0.2) is 0 Å². The molecule has 0 heterocycles. The number of phenols is 1. The number of aromatic hydroxyl groups is 1. The Hall–Kier alpha value is -4.89. The van der Waals surface area contributed by atoms with Gasteiger partial charge in [0.15, 0.2) is 0 Å². The number of carbonyl (C=O) groups is 3. The predicted octanol–water partition coefficient (Wildman–Crippen LogP) is 3.22. The first-order valence-corrected chi connectivity index (χ1v) is 13.9. The van der Waals surface area contributed by atoms with Crippen LogP contribution in [0.5, 0.6) is 11.5 Å². The van der Waals surface area contributed by atoms with E-state index < -0.39 is 23.9 Å². The van der Waals surface area contributed by atoms with Gasteiger partial charge >= 0.3 is 0 Å². The Morgan fingerprint density at radius 2 is 1.45 bits per heavy atom. The fourth-order valence-electron chi connectivity index (χ4n) is 4.56. The van der Waals surface area contributed by atoms with E-state index in [9.17, 15) is 19.5 Å². The van der Waals surface area contributed by atoms with E-state index in [0.29, 0.717) is 43.7 Å². The summed E-state index contributed by atoms with van der Waals surface area (Å²) in [6, 6.07) is 25.5. The summed E-state index contributed by atoms with van der Waals surface area (Å²) in [5.41, 5.74) is 13.7.